The van der Waals surface area contributed by atoms with Crippen LogP contribution in [0.4, 0.5) is 0 Å². The molecule has 1 atom stereocenters. The molecule has 26 heavy (non-hydrogen) atoms. The van der Waals surface area contributed by atoms with E-state index in [0.717, 1.165) is 48.5 Å². The molecule has 142 valence electrons. The third kappa shape index (κ3) is 4.45. The first-order valence-electron chi connectivity index (χ1n) is 9.12. The van der Waals surface area contributed by atoms with E-state index in [4.69, 9.17) is 0 Å². The first-order chi connectivity index (χ1) is 12.3. The van der Waals surface area contributed by atoms with E-state index >= 15 is 0 Å². The number of carbonyl (C=O) groups is 1. The molecule has 1 aliphatic heterocycles. The lowest BCUT2D eigenvalue weighted by Crippen LogP contribution is -2.45. The maximum absolute atomic E-state index is 13.0. The highest BCUT2D eigenvalue weighted by atomic mass is 32.2. The van der Waals surface area contributed by atoms with Crippen LogP contribution in [-0.2, 0) is 28.3 Å². The van der Waals surface area contributed by atoms with Gasteiger partial charge < -0.3 is 9.47 Å². The van der Waals surface area contributed by atoms with Gasteiger partial charge in [-0.2, -0.15) is 0 Å². The Morgan fingerprint density at radius 3 is 2.81 bits per heavy atom. The number of nitrogens with zero attached hydrogens (tertiary/aromatic N) is 2. The number of para-hydroxylation sites is 1. The Kier molecular flexibility index (Phi) is 5.67. The number of benzene rings is 1. The minimum atomic E-state index is -3.19. The summed E-state index contributed by atoms with van der Waals surface area (Å²) in [6.07, 6.45) is 7.28. The van der Waals surface area contributed by atoms with Gasteiger partial charge in [0.15, 0.2) is 0 Å². The largest absolute Gasteiger partial charge is 0.350 e. The first-order valence-corrected chi connectivity index (χ1v) is 11.0. The predicted octanol–water partition coefficient (Wildman–Crippen LogP) is 2.04. The van der Waals surface area contributed by atoms with Crippen LogP contribution in [0.2, 0.25) is 0 Å². The molecule has 2 heterocycles. The summed E-state index contributed by atoms with van der Waals surface area (Å²) < 4.78 is 27.1. The molecule has 0 saturated carbocycles. The van der Waals surface area contributed by atoms with Gasteiger partial charge in [-0.25, -0.2) is 13.1 Å². The highest BCUT2D eigenvalue weighted by molar-refractivity contribution is 7.88. The number of piperidine rings is 1. The summed E-state index contributed by atoms with van der Waals surface area (Å²) in [5, 5.41) is 1.12. The molecule has 6 nitrogen and oxygen atoms in total. The molecule has 1 aliphatic rings. The minimum Gasteiger partial charge on any atom is -0.350 e. The Hall–Kier alpha value is -1.86. The van der Waals surface area contributed by atoms with Gasteiger partial charge in [0.1, 0.15) is 0 Å². The molecule has 0 aliphatic carbocycles. The van der Waals surface area contributed by atoms with Crippen molar-refractivity contribution >= 4 is 26.8 Å². The van der Waals surface area contributed by atoms with Gasteiger partial charge in [0.05, 0.1) is 12.7 Å². The normalized spacial score (nSPS) is 18.4. The highest BCUT2D eigenvalue weighted by Gasteiger charge is 2.27. The smallest absolute Gasteiger partial charge is 0.227 e. The summed E-state index contributed by atoms with van der Waals surface area (Å²) in [6.45, 7) is 1.13. The van der Waals surface area contributed by atoms with Crippen molar-refractivity contribution in [2.45, 2.75) is 38.1 Å². The number of hydrogen-bond acceptors (Lipinski definition) is 3. The topological polar surface area (TPSA) is 71.4 Å². The van der Waals surface area contributed by atoms with Crippen LogP contribution in [0, 0.1) is 0 Å². The Balaban J connectivity index is 1.70. The SMILES string of the molecule is Cn1cc(CC(=O)N2CCCC[C@H]2CCNS(C)(=O)=O)c2ccccc21. The number of nitrogens with one attached hydrogen (secondary N) is 1. The van der Waals surface area contributed by atoms with Crippen molar-refractivity contribution in [1.29, 1.82) is 0 Å². The van der Waals surface area contributed by atoms with Crippen molar-refractivity contribution in [3.63, 3.8) is 0 Å². The van der Waals surface area contributed by atoms with E-state index in [2.05, 4.69) is 21.4 Å². The average molecular weight is 378 g/mol. The van der Waals surface area contributed by atoms with Crippen molar-refractivity contribution in [2.75, 3.05) is 19.3 Å². The van der Waals surface area contributed by atoms with Crippen molar-refractivity contribution in [3.8, 4) is 0 Å². The van der Waals surface area contributed by atoms with Crippen LogP contribution in [0.3, 0.4) is 0 Å². The minimum absolute atomic E-state index is 0.112. The van der Waals surface area contributed by atoms with E-state index in [-0.39, 0.29) is 11.9 Å². The van der Waals surface area contributed by atoms with Crippen molar-refractivity contribution < 1.29 is 13.2 Å². The summed E-state index contributed by atoms with van der Waals surface area (Å²) in [7, 11) is -1.19. The van der Waals surface area contributed by atoms with Crippen molar-refractivity contribution in [2.24, 2.45) is 7.05 Å². The summed E-state index contributed by atoms with van der Waals surface area (Å²) in [5.74, 6) is 0.130. The molecule has 0 bridgehead atoms. The Labute approximate surface area is 155 Å². The standard InChI is InChI=1S/C19H27N3O3S/c1-21-14-15(17-8-3-4-9-18(17)21)13-19(23)22-12-6-5-7-16(22)10-11-20-26(2,24)25/h3-4,8-9,14,16,20H,5-7,10-13H2,1-2H3/t16-/m0/s1. The molecule has 0 spiro atoms. The third-order valence-electron chi connectivity index (χ3n) is 5.11. The lowest BCUT2D eigenvalue weighted by Gasteiger charge is -2.36. The van der Waals surface area contributed by atoms with Crippen molar-refractivity contribution in [3.05, 3.63) is 36.0 Å². The van der Waals surface area contributed by atoms with Gasteiger partial charge in [-0.15, -0.1) is 0 Å². The van der Waals surface area contributed by atoms with E-state index in [1.807, 2.05) is 30.3 Å². The van der Waals surface area contributed by atoms with E-state index in [0.29, 0.717) is 19.4 Å². The van der Waals surface area contributed by atoms with Crippen LogP contribution in [0.5, 0.6) is 0 Å². The second kappa shape index (κ2) is 7.80. The number of rotatable bonds is 6. The van der Waals surface area contributed by atoms with Gasteiger partial charge >= 0.3 is 0 Å². The Bertz CT molecular complexity index is 889. The zero-order valence-corrected chi connectivity index (χ0v) is 16.3. The van der Waals surface area contributed by atoms with Crippen LogP contribution in [0.25, 0.3) is 10.9 Å². The molecule has 0 unspecified atom stereocenters. The van der Waals surface area contributed by atoms with Gasteiger partial charge in [-0.1, -0.05) is 18.2 Å². The highest BCUT2D eigenvalue weighted by Crippen LogP contribution is 2.24. The number of fused-ring (bicyclic) bond motifs is 1. The number of carbonyl (C=O) groups excluding carboxylic acids is 1. The van der Waals surface area contributed by atoms with Crippen molar-refractivity contribution in [1.82, 2.24) is 14.2 Å². The second-order valence-corrected chi connectivity index (χ2v) is 8.98. The molecule has 2 aromatic rings. The Morgan fingerprint density at radius 2 is 2.04 bits per heavy atom. The third-order valence-corrected chi connectivity index (χ3v) is 5.84. The van der Waals surface area contributed by atoms with E-state index < -0.39 is 10.0 Å². The summed E-state index contributed by atoms with van der Waals surface area (Å²) in [5.41, 5.74) is 2.18. The molecule has 3 rings (SSSR count). The lowest BCUT2D eigenvalue weighted by molar-refractivity contribution is -0.134. The lowest BCUT2D eigenvalue weighted by atomic mass is 9.98. The molecule has 1 aromatic carbocycles. The van der Waals surface area contributed by atoms with E-state index in [1.165, 1.54) is 0 Å². The Morgan fingerprint density at radius 1 is 1.27 bits per heavy atom. The van der Waals surface area contributed by atoms with Gasteiger partial charge in [0.2, 0.25) is 15.9 Å². The molecular weight excluding hydrogens is 350 g/mol. The van der Waals surface area contributed by atoms with Gasteiger partial charge in [0, 0.05) is 43.3 Å². The first kappa shape index (κ1) is 18.9. The summed E-state index contributed by atoms with van der Waals surface area (Å²) in [6, 6.07) is 8.23. The molecule has 1 aromatic heterocycles. The molecular formula is C19H27N3O3S. The summed E-state index contributed by atoms with van der Waals surface area (Å²) in [4.78, 5) is 14.9. The number of sulfonamides is 1. The zero-order valence-electron chi connectivity index (χ0n) is 15.4. The van der Waals surface area contributed by atoms with Crippen LogP contribution in [0.1, 0.15) is 31.2 Å². The molecule has 1 N–H and O–H groups in total. The molecule has 0 radical (unpaired) electrons. The molecule has 1 saturated heterocycles. The number of hydrogen-bond donors (Lipinski definition) is 1. The number of aromatic nitrogens is 1. The maximum atomic E-state index is 13.0. The second-order valence-electron chi connectivity index (χ2n) is 7.15. The fraction of sp³-hybridized carbons (Fsp3) is 0.526. The van der Waals surface area contributed by atoms with Gasteiger partial charge in [-0.3, -0.25) is 4.79 Å². The molecule has 7 heteroatoms. The summed E-state index contributed by atoms with van der Waals surface area (Å²) >= 11 is 0. The van der Waals surface area contributed by atoms with Gasteiger partial charge in [0.25, 0.3) is 0 Å². The number of aryl methyl sites for hydroxylation is 1. The average Bonchev–Trinajstić information content (AvgIpc) is 2.90. The van der Waals surface area contributed by atoms with Crippen LogP contribution in [0.15, 0.2) is 30.5 Å². The fourth-order valence-electron chi connectivity index (χ4n) is 3.87. The monoisotopic (exact) mass is 377 g/mol. The van der Waals surface area contributed by atoms with E-state index in [9.17, 15) is 13.2 Å². The van der Waals surface area contributed by atoms with Gasteiger partial charge in [-0.05, 0) is 37.3 Å². The van der Waals surface area contributed by atoms with Crippen LogP contribution in [-0.4, -0.2) is 49.2 Å². The van der Waals surface area contributed by atoms with Crippen LogP contribution >= 0.6 is 0 Å². The number of amides is 1. The quantitative estimate of drug-likeness (QED) is 0.837. The molecule has 1 fully saturated rings. The number of likely N-dealkylation sites (tertiary alicyclic amines) is 1. The fourth-order valence-corrected chi connectivity index (χ4v) is 4.36. The maximum Gasteiger partial charge on any atom is 0.227 e. The molecule has 1 amide bonds. The predicted molar refractivity (Wildman–Crippen MR) is 103 cm³/mol. The zero-order chi connectivity index (χ0) is 18.7. The van der Waals surface area contributed by atoms with Crippen LogP contribution < -0.4 is 4.72 Å². The van der Waals surface area contributed by atoms with E-state index in [1.54, 1.807) is 0 Å².